The van der Waals surface area contributed by atoms with Crippen LogP contribution in [0.25, 0.3) is 11.4 Å². The van der Waals surface area contributed by atoms with Crippen molar-refractivity contribution in [2.24, 2.45) is 5.92 Å². The summed E-state index contributed by atoms with van der Waals surface area (Å²) in [6, 6.07) is 15.2. The molecule has 0 spiro atoms. The van der Waals surface area contributed by atoms with Crippen LogP contribution in [-0.2, 0) is 13.1 Å². The van der Waals surface area contributed by atoms with Crippen LogP contribution < -0.4 is 0 Å². The number of carbonyl (C=O) groups excluding carboxylic acids is 1. The Bertz CT molecular complexity index is 1030. The molecule has 1 fully saturated rings. The van der Waals surface area contributed by atoms with E-state index < -0.39 is 0 Å². The van der Waals surface area contributed by atoms with Gasteiger partial charge >= 0.3 is 0 Å². The third kappa shape index (κ3) is 5.32. The maximum atomic E-state index is 12.8. The summed E-state index contributed by atoms with van der Waals surface area (Å²) in [5.74, 6) is 1.45. The lowest BCUT2D eigenvalue weighted by Crippen LogP contribution is -2.33. The number of piperidine rings is 1. The van der Waals surface area contributed by atoms with Crippen LogP contribution in [0.1, 0.15) is 41.6 Å². The highest BCUT2D eigenvalue weighted by Gasteiger charge is 2.19. The van der Waals surface area contributed by atoms with Crippen molar-refractivity contribution < 1.29 is 9.32 Å². The predicted molar refractivity (Wildman–Crippen MR) is 121 cm³/mol. The minimum Gasteiger partial charge on any atom is -0.337 e. The summed E-state index contributed by atoms with van der Waals surface area (Å²) in [6.07, 6.45) is 2.58. The van der Waals surface area contributed by atoms with Crippen molar-refractivity contribution in [3.8, 4) is 11.4 Å². The van der Waals surface area contributed by atoms with E-state index in [0.717, 1.165) is 25.6 Å². The van der Waals surface area contributed by atoms with Gasteiger partial charge in [-0.1, -0.05) is 47.9 Å². The Hall–Kier alpha value is -2.70. The van der Waals surface area contributed by atoms with E-state index in [4.69, 9.17) is 16.1 Å². The van der Waals surface area contributed by atoms with Crippen molar-refractivity contribution in [1.82, 2.24) is 19.9 Å². The van der Waals surface area contributed by atoms with Crippen LogP contribution in [0.15, 0.2) is 53.1 Å². The average Bonchev–Trinajstić information content (AvgIpc) is 3.22. The van der Waals surface area contributed by atoms with Gasteiger partial charge in [-0.25, -0.2) is 0 Å². The van der Waals surface area contributed by atoms with E-state index in [-0.39, 0.29) is 12.5 Å². The lowest BCUT2D eigenvalue weighted by molar-refractivity contribution is 0.0769. The van der Waals surface area contributed by atoms with E-state index in [2.05, 4.69) is 22.0 Å². The first-order chi connectivity index (χ1) is 15.0. The molecule has 4 rings (SSSR count). The number of aromatic nitrogens is 2. The second kappa shape index (κ2) is 9.62. The number of rotatable bonds is 6. The van der Waals surface area contributed by atoms with E-state index in [9.17, 15) is 4.79 Å². The molecule has 2 aromatic carbocycles. The monoisotopic (exact) mass is 438 g/mol. The lowest BCUT2D eigenvalue weighted by Gasteiger charge is -2.30. The van der Waals surface area contributed by atoms with E-state index >= 15 is 0 Å². The van der Waals surface area contributed by atoms with Crippen molar-refractivity contribution in [2.45, 2.75) is 32.9 Å². The molecule has 0 saturated carbocycles. The molecule has 1 amide bonds. The zero-order valence-corrected chi connectivity index (χ0v) is 18.7. The van der Waals surface area contributed by atoms with Gasteiger partial charge in [-0.15, -0.1) is 0 Å². The van der Waals surface area contributed by atoms with E-state index in [1.165, 1.54) is 18.4 Å². The highest BCUT2D eigenvalue weighted by atomic mass is 35.5. The first-order valence-electron chi connectivity index (χ1n) is 10.6. The number of benzene rings is 2. The highest BCUT2D eigenvalue weighted by molar-refractivity contribution is 6.33. The molecule has 162 valence electrons. The Morgan fingerprint density at radius 3 is 2.74 bits per heavy atom. The maximum absolute atomic E-state index is 12.8. The fourth-order valence-electron chi connectivity index (χ4n) is 4.01. The summed E-state index contributed by atoms with van der Waals surface area (Å²) in [5.41, 5.74) is 2.57. The molecule has 1 atom stereocenters. The summed E-state index contributed by atoms with van der Waals surface area (Å²) < 4.78 is 5.32. The van der Waals surface area contributed by atoms with Gasteiger partial charge in [0.1, 0.15) is 0 Å². The summed E-state index contributed by atoms with van der Waals surface area (Å²) in [7, 11) is 1.73. The zero-order valence-electron chi connectivity index (χ0n) is 17.9. The van der Waals surface area contributed by atoms with E-state index in [1.807, 2.05) is 42.5 Å². The van der Waals surface area contributed by atoms with Gasteiger partial charge in [-0.3, -0.25) is 9.69 Å². The average molecular weight is 439 g/mol. The third-order valence-electron chi connectivity index (χ3n) is 5.65. The Morgan fingerprint density at radius 1 is 1.23 bits per heavy atom. The SMILES string of the molecule is CC1CCCN(Cc2ccc(C(=O)N(C)Cc3nc(-c4ccccc4Cl)no3)cc2)C1. The molecular weight excluding hydrogens is 412 g/mol. The number of nitrogens with zero attached hydrogens (tertiary/aromatic N) is 4. The number of hydrogen-bond donors (Lipinski definition) is 0. The van der Waals surface area contributed by atoms with Crippen LogP contribution in [0.4, 0.5) is 0 Å². The third-order valence-corrected chi connectivity index (χ3v) is 5.98. The Labute approximate surface area is 187 Å². The largest absolute Gasteiger partial charge is 0.337 e. The smallest absolute Gasteiger partial charge is 0.254 e. The molecular formula is C24H27ClN4O2. The number of likely N-dealkylation sites (tertiary alicyclic amines) is 1. The van der Waals surface area contributed by atoms with Gasteiger partial charge in [0.05, 0.1) is 11.6 Å². The van der Waals surface area contributed by atoms with Crippen molar-refractivity contribution >= 4 is 17.5 Å². The quantitative estimate of drug-likeness (QED) is 0.548. The zero-order chi connectivity index (χ0) is 21.8. The van der Waals surface area contributed by atoms with Gasteiger partial charge < -0.3 is 9.42 Å². The van der Waals surface area contributed by atoms with E-state index in [1.54, 1.807) is 18.0 Å². The fourth-order valence-corrected chi connectivity index (χ4v) is 4.23. The van der Waals surface area contributed by atoms with Crippen LogP contribution in [-0.4, -0.2) is 46.0 Å². The van der Waals surface area contributed by atoms with Crippen LogP contribution in [0, 0.1) is 5.92 Å². The van der Waals surface area contributed by atoms with Crippen molar-refractivity contribution in [1.29, 1.82) is 0 Å². The number of hydrogen-bond acceptors (Lipinski definition) is 5. The highest BCUT2D eigenvalue weighted by Crippen LogP contribution is 2.25. The van der Waals surface area contributed by atoms with Gasteiger partial charge in [-0.05, 0) is 55.1 Å². The van der Waals surface area contributed by atoms with E-state index in [0.29, 0.717) is 27.9 Å². The normalized spacial score (nSPS) is 16.9. The minimum absolute atomic E-state index is 0.0874. The number of halogens is 1. The molecule has 0 N–H and O–H groups in total. The summed E-state index contributed by atoms with van der Waals surface area (Å²) >= 11 is 6.20. The van der Waals surface area contributed by atoms with Gasteiger partial charge in [0, 0.05) is 31.3 Å². The molecule has 1 unspecified atom stereocenters. The molecule has 31 heavy (non-hydrogen) atoms. The Morgan fingerprint density at radius 2 is 2.00 bits per heavy atom. The maximum Gasteiger partial charge on any atom is 0.254 e. The first-order valence-corrected chi connectivity index (χ1v) is 11.0. The fraction of sp³-hybridized carbons (Fsp3) is 0.375. The number of amides is 1. The van der Waals surface area contributed by atoms with Gasteiger partial charge in [0.2, 0.25) is 11.7 Å². The van der Waals surface area contributed by atoms with Crippen LogP contribution in [0.5, 0.6) is 0 Å². The molecule has 0 aliphatic carbocycles. The van der Waals surface area contributed by atoms with Gasteiger partial charge in [-0.2, -0.15) is 4.98 Å². The molecule has 3 aromatic rings. The number of carbonyl (C=O) groups is 1. The Kier molecular flexibility index (Phi) is 6.68. The standard InChI is InChI=1S/C24H27ClN4O2/c1-17-6-5-13-29(14-17)15-18-9-11-19(12-10-18)24(30)28(2)16-22-26-23(27-31-22)20-7-3-4-8-21(20)25/h3-4,7-12,17H,5-6,13-16H2,1-2H3. The van der Waals surface area contributed by atoms with Crippen molar-refractivity contribution in [3.05, 3.63) is 70.6 Å². The molecule has 6 nitrogen and oxygen atoms in total. The van der Waals surface area contributed by atoms with Crippen molar-refractivity contribution in [2.75, 3.05) is 20.1 Å². The second-order valence-electron chi connectivity index (χ2n) is 8.33. The minimum atomic E-state index is -0.0874. The molecule has 1 saturated heterocycles. The molecule has 0 bridgehead atoms. The van der Waals surface area contributed by atoms with Gasteiger partial charge in [0.25, 0.3) is 5.91 Å². The second-order valence-corrected chi connectivity index (χ2v) is 8.74. The summed E-state index contributed by atoms with van der Waals surface area (Å²) in [4.78, 5) is 21.3. The van der Waals surface area contributed by atoms with Gasteiger partial charge in [0.15, 0.2) is 0 Å². The molecule has 2 heterocycles. The van der Waals surface area contributed by atoms with Crippen LogP contribution in [0.2, 0.25) is 5.02 Å². The molecule has 1 aliphatic heterocycles. The molecule has 0 radical (unpaired) electrons. The van der Waals surface area contributed by atoms with Crippen LogP contribution >= 0.6 is 11.6 Å². The molecule has 7 heteroatoms. The molecule has 1 aliphatic rings. The van der Waals surface area contributed by atoms with Crippen molar-refractivity contribution in [3.63, 3.8) is 0 Å². The molecule has 1 aromatic heterocycles. The van der Waals surface area contributed by atoms with Crippen LogP contribution in [0.3, 0.4) is 0 Å². The first kappa shape index (κ1) is 21.5. The summed E-state index contributed by atoms with van der Waals surface area (Å²) in [5, 5.41) is 4.55. The summed E-state index contributed by atoms with van der Waals surface area (Å²) in [6.45, 7) is 5.76. The topological polar surface area (TPSA) is 62.5 Å². The lowest BCUT2D eigenvalue weighted by atomic mass is 9.99. The Balaban J connectivity index is 1.36. The predicted octanol–water partition coefficient (Wildman–Crippen LogP) is 4.89.